The normalized spacial score (nSPS) is 11.0. The van der Waals surface area contributed by atoms with Gasteiger partial charge in [0.05, 0.1) is 26.9 Å². The van der Waals surface area contributed by atoms with Gasteiger partial charge in [0.2, 0.25) is 5.75 Å². The maximum absolute atomic E-state index is 12.9. The third-order valence-corrected chi connectivity index (χ3v) is 3.54. The van der Waals surface area contributed by atoms with Gasteiger partial charge in [0.25, 0.3) is 5.91 Å². The summed E-state index contributed by atoms with van der Waals surface area (Å²) in [4.78, 5) is 12.4. The van der Waals surface area contributed by atoms with Gasteiger partial charge in [-0.25, -0.2) is 0 Å². The van der Waals surface area contributed by atoms with E-state index in [0.717, 1.165) is 12.1 Å². The van der Waals surface area contributed by atoms with Crippen LogP contribution in [0.15, 0.2) is 30.3 Å². The van der Waals surface area contributed by atoms with Crippen molar-refractivity contribution >= 4 is 17.3 Å². The van der Waals surface area contributed by atoms with Crippen LogP contribution in [0.2, 0.25) is 0 Å². The summed E-state index contributed by atoms with van der Waals surface area (Å²) in [6, 6.07) is 5.90. The molecule has 0 aliphatic rings. The molecule has 0 radical (unpaired) electrons. The zero-order chi connectivity index (χ0) is 19.5. The highest BCUT2D eigenvalue weighted by molar-refractivity contribution is 6.05. The molecule has 0 saturated heterocycles. The number of nitrogens with two attached hydrogens (primary N) is 1. The predicted octanol–water partition coefficient (Wildman–Crippen LogP) is 3.57. The summed E-state index contributed by atoms with van der Waals surface area (Å²) in [5, 5.41) is 2.39. The van der Waals surface area contributed by atoms with Crippen LogP contribution in [0.5, 0.6) is 17.2 Å². The molecule has 0 bridgehead atoms. The van der Waals surface area contributed by atoms with Crippen molar-refractivity contribution in [1.29, 1.82) is 0 Å². The monoisotopic (exact) mass is 370 g/mol. The Morgan fingerprint density at radius 3 is 2.04 bits per heavy atom. The van der Waals surface area contributed by atoms with Crippen LogP contribution in [-0.4, -0.2) is 27.2 Å². The molecule has 3 N–H and O–H groups in total. The number of carbonyl (C=O) groups excluding carboxylic acids is 1. The number of nitrogen functional groups attached to an aromatic ring is 1. The Morgan fingerprint density at radius 2 is 1.58 bits per heavy atom. The topological polar surface area (TPSA) is 82.8 Å². The molecule has 0 aromatic heterocycles. The first-order chi connectivity index (χ1) is 12.2. The van der Waals surface area contributed by atoms with Crippen LogP contribution in [0.3, 0.4) is 0 Å². The molecule has 0 heterocycles. The molecule has 0 aliphatic heterocycles. The van der Waals surface area contributed by atoms with Crippen LogP contribution in [0.4, 0.5) is 24.5 Å². The van der Waals surface area contributed by atoms with Crippen LogP contribution in [-0.2, 0) is 6.18 Å². The van der Waals surface area contributed by atoms with Gasteiger partial charge in [-0.3, -0.25) is 4.79 Å². The van der Waals surface area contributed by atoms with E-state index in [4.69, 9.17) is 19.9 Å². The number of halogens is 3. The van der Waals surface area contributed by atoms with E-state index in [1.54, 1.807) is 0 Å². The second kappa shape index (κ2) is 7.42. The summed E-state index contributed by atoms with van der Waals surface area (Å²) < 4.78 is 54.2. The van der Waals surface area contributed by atoms with Crippen molar-refractivity contribution in [2.24, 2.45) is 0 Å². The quantitative estimate of drug-likeness (QED) is 0.787. The molecule has 140 valence electrons. The Balaban J connectivity index is 2.36. The first-order valence-corrected chi connectivity index (χ1v) is 7.29. The van der Waals surface area contributed by atoms with E-state index in [0.29, 0.717) is 5.75 Å². The molecule has 0 saturated carbocycles. The van der Waals surface area contributed by atoms with E-state index in [-0.39, 0.29) is 22.7 Å². The molecule has 0 unspecified atom stereocenters. The van der Waals surface area contributed by atoms with Gasteiger partial charge in [0, 0.05) is 16.9 Å². The van der Waals surface area contributed by atoms with E-state index in [1.807, 2.05) is 0 Å². The molecule has 0 fully saturated rings. The summed E-state index contributed by atoms with van der Waals surface area (Å²) in [5.41, 5.74) is 3.96. The summed E-state index contributed by atoms with van der Waals surface area (Å²) in [7, 11) is 4.18. The number of rotatable bonds is 5. The maximum atomic E-state index is 12.9. The van der Waals surface area contributed by atoms with Crippen molar-refractivity contribution in [3.05, 3.63) is 41.5 Å². The minimum absolute atomic E-state index is 0.0507. The third-order valence-electron chi connectivity index (χ3n) is 3.54. The number of amides is 1. The summed E-state index contributed by atoms with van der Waals surface area (Å²) in [6.07, 6.45) is -4.63. The Labute approximate surface area is 147 Å². The first-order valence-electron chi connectivity index (χ1n) is 7.29. The molecule has 9 heteroatoms. The highest BCUT2D eigenvalue weighted by atomic mass is 19.4. The van der Waals surface area contributed by atoms with Crippen LogP contribution < -0.4 is 25.3 Å². The fraction of sp³-hybridized carbons (Fsp3) is 0.235. The average molecular weight is 370 g/mol. The molecule has 2 aromatic carbocycles. The fourth-order valence-corrected chi connectivity index (χ4v) is 2.29. The zero-order valence-electron chi connectivity index (χ0n) is 14.2. The van der Waals surface area contributed by atoms with Crippen molar-refractivity contribution < 1.29 is 32.2 Å². The lowest BCUT2D eigenvalue weighted by Gasteiger charge is -2.15. The average Bonchev–Trinajstić information content (AvgIpc) is 2.60. The molecule has 26 heavy (non-hydrogen) atoms. The lowest BCUT2D eigenvalue weighted by Crippen LogP contribution is -2.15. The Hall–Kier alpha value is -3.10. The number of benzene rings is 2. The van der Waals surface area contributed by atoms with E-state index >= 15 is 0 Å². The number of alkyl halides is 3. The predicted molar refractivity (Wildman–Crippen MR) is 89.9 cm³/mol. The summed E-state index contributed by atoms with van der Waals surface area (Å²) >= 11 is 0. The zero-order valence-corrected chi connectivity index (χ0v) is 14.2. The fourth-order valence-electron chi connectivity index (χ4n) is 2.29. The van der Waals surface area contributed by atoms with Gasteiger partial charge in [0.15, 0.2) is 11.5 Å². The molecule has 2 rings (SSSR count). The second-order valence-corrected chi connectivity index (χ2v) is 5.17. The van der Waals surface area contributed by atoms with Gasteiger partial charge in [0.1, 0.15) is 0 Å². The maximum Gasteiger partial charge on any atom is 0.418 e. The van der Waals surface area contributed by atoms with E-state index in [1.165, 1.54) is 39.5 Å². The van der Waals surface area contributed by atoms with Crippen LogP contribution in [0.1, 0.15) is 15.9 Å². The molecule has 0 atom stereocenters. The molecule has 6 nitrogen and oxygen atoms in total. The minimum Gasteiger partial charge on any atom is -0.493 e. The Bertz CT molecular complexity index is 797. The number of methoxy groups -OCH3 is 3. The van der Waals surface area contributed by atoms with Crippen LogP contribution in [0, 0.1) is 0 Å². The number of hydrogen-bond donors (Lipinski definition) is 2. The number of nitrogens with one attached hydrogen (secondary N) is 1. The van der Waals surface area contributed by atoms with Gasteiger partial charge < -0.3 is 25.3 Å². The van der Waals surface area contributed by atoms with Crippen molar-refractivity contribution in [1.82, 2.24) is 0 Å². The summed E-state index contributed by atoms with van der Waals surface area (Å²) in [5.74, 6) is 0.121. The smallest absolute Gasteiger partial charge is 0.418 e. The highest BCUT2D eigenvalue weighted by Crippen LogP contribution is 2.39. The van der Waals surface area contributed by atoms with Crippen molar-refractivity contribution in [3.8, 4) is 17.2 Å². The summed E-state index contributed by atoms with van der Waals surface area (Å²) in [6.45, 7) is 0. The van der Waals surface area contributed by atoms with E-state index < -0.39 is 23.3 Å². The van der Waals surface area contributed by atoms with Gasteiger partial charge in [-0.05, 0) is 30.3 Å². The van der Waals surface area contributed by atoms with E-state index in [9.17, 15) is 18.0 Å². The molecule has 1 amide bonds. The number of anilines is 2. The number of carbonyl (C=O) groups is 1. The van der Waals surface area contributed by atoms with E-state index in [2.05, 4.69) is 5.32 Å². The van der Waals surface area contributed by atoms with Gasteiger partial charge in [-0.2, -0.15) is 13.2 Å². The van der Waals surface area contributed by atoms with Crippen LogP contribution >= 0.6 is 0 Å². The lowest BCUT2D eigenvalue weighted by atomic mass is 10.1. The first kappa shape index (κ1) is 19.2. The van der Waals surface area contributed by atoms with Crippen molar-refractivity contribution in [2.75, 3.05) is 32.4 Å². The Kier molecular flexibility index (Phi) is 5.49. The van der Waals surface area contributed by atoms with Crippen molar-refractivity contribution in [3.63, 3.8) is 0 Å². The largest absolute Gasteiger partial charge is 0.493 e. The van der Waals surface area contributed by atoms with Gasteiger partial charge in [-0.1, -0.05) is 0 Å². The molecular formula is C17H17F3N2O4. The molecule has 2 aromatic rings. The number of hydrogen-bond acceptors (Lipinski definition) is 5. The third kappa shape index (κ3) is 3.93. The highest BCUT2D eigenvalue weighted by Gasteiger charge is 2.33. The molecular weight excluding hydrogens is 353 g/mol. The molecule has 0 spiro atoms. The second-order valence-electron chi connectivity index (χ2n) is 5.17. The molecule has 0 aliphatic carbocycles. The standard InChI is InChI=1S/C17H17F3N2O4/c1-24-13-6-9(7-14(25-2)15(13)26-3)16(23)22-10-4-5-12(21)11(8-10)17(18,19)20/h4-8H,21H2,1-3H3,(H,22,23). The van der Waals surface area contributed by atoms with Gasteiger partial charge >= 0.3 is 6.18 Å². The number of ether oxygens (including phenoxy) is 3. The van der Waals surface area contributed by atoms with Crippen LogP contribution in [0.25, 0.3) is 0 Å². The SMILES string of the molecule is COc1cc(C(=O)Nc2ccc(N)c(C(F)(F)F)c2)cc(OC)c1OC. The lowest BCUT2D eigenvalue weighted by molar-refractivity contribution is -0.136. The van der Waals surface area contributed by atoms with Gasteiger partial charge in [-0.15, -0.1) is 0 Å². The Morgan fingerprint density at radius 1 is 1.00 bits per heavy atom. The minimum atomic E-state index is -4.63. The van der Waals surface area contributed by atoms with Crippen molar-refractivity contribution in [2.45, 2.75) is 6.18 Å².